The summed E-state index contributed by atoms with van der Waals surface area (Å²) in [7, 11) is 1.86. The second-order valence-electron chi connectivity index (χ2n) is 6.20. The van der Waals surface area contributed by atoms with Crippen molar-refractivity contribution in [3.63, 3.8) is 0 Å². The fourth-order valence-electron chi connectivity index (χ4n) is 2.85. The molecule has 26 heavy (non-hydrogen) atoms. The van der Waals surface area contributed by atoms with Crippen LogP contribution in [0.15, 0.2) is 53.3 Å². The Morgan fingerprint density at radius 1 is 1.15 bits per heavy atom. The van der Waals surface area contributed by atoms with E-state index < -0.39 is 5.91 Å². The first-order valence-electron chi connectivity index (χ1n) is 8.14. The molecule has 6 nitrogen and oxygen atoms in total. The number of halogens is 1. The first-order valence-corrected chi connectivity index (χ1v) is 8.14. The summed E-state index contributed by atoms with van der Waals surface area (Å²) in [5.41, 5.74) is 6.51. The molecular weight excluding hydrogens is 335 g/mol. The average molecular weight is 354 g/mol. The number of aromatic nitrogens is 2. The van der Waals surface area contributed by atoms with Gasteiger partial charge in [0, 0.05) is 6.54 Å². The molecule has 0 aliphatic rings. The highest BCUT2D eigenvalue weighted by molar-refractivity contribution is 5.78. The molecule has 0 radical (unpaired) electrons. The van der Waals surface area contributed by atoms with Gasteiger partial charge in [-0.05, 0) is 36.9 Å². The molecule has 0 unspecified atom stereocenters. The zero-order valence-electron chi connectivity index (χ0n) is 14.4. The molecule has 0 bridgehead atoms. The average Bonchev–Trinajstić information content (AvgIpc) is 2.60. The zero-order valence-corrected chi connectivity index (χ0v) is 14.4. The summed E-state index contributed by atoms with van der Waals surface area (Å²) < 4.78 is 14.3. The van der Waals surface area contributed by atoms with E-state index in [1.807, 2.05) is 11.9 Å². The summed E-state index contributed by atoms with van der Waals surface area (Å²) in [5, 5.41) is 0.443. The summed E-state index contributed by atoms with van der Waals surface area (Å²) in [6.45, 7) is 0.653. The van der Waals surface area contributed by atoms with Crippen LogP contribution < -0.4 is 11.3 Å². The van der Waals surface area contributed by atoms with Gasteiger partial charge in [-0.25, -0.2) is 9.37 Å². The molecule has 1 amide bonds. The molecule has 0 spiro atoms. The number of rotatable bonds is 6. The van der Waals surface area contributed by atoms with E-state index in [0.717, 1.165) is 5.56 Å². The number of para-hydroxylation sites is 1. The minimum Gasteiger partial charge on any atom is -0.368 e. The van der Waals surface area contributed by atoms with E-state index in [1.165, 1.54) is 16.7 Å². The van der Waals surface area contributed by atoms with Crippen LogP contribution in [-0.2, 0) is 24.4 Å². The van der Waals surface area contributed by atoms with E-state index >= 15 is 0 Å². The van der Waals surface area contributed by atoms with Gasteiger partial charge in [-0.1, -0.05) is 24.3 Å². The SMILES string of the molecule is CN(Cc1ccc(F)cc1)Cc1nc2ccccc2c(=O)n1CC(N)=O. The van der Waals surface area contributed by atoms with Crippen LogP contribution in [0, 0.1) is 5.82 Å². The predicted octanol–water partition coefficient (Wildman–Crippen LogP) is 1.65. The molecule has 0 aliphatic heterocycles. The number of primary amides is 1. The summed E-state index contributed by atoms with van der Waals surface area (Å²) >= 11 is 0. The number of nitrogens with zero attached hydrogens (tertiary/aromatic N) is 3. The topological polar surface area (TPSA) is 81.2 Å². The van der Waals surface area contributed by atoms with Gasteiger partial charge in [-0.15, -0.1) is 0 Å². The number of benzene rings is 2. The third kappa shape index (κ3) is 3.94. The van der Waals surface area contributed by atoms with Gasteiger partial charge in [-0.2, -0.15) is 0 Å². The van der Waals surface area contributed by atoms with Gasteiger partial charge in [0.15, 0.2) is 0 Å². The second-order valence-corrected chi connectivity index (χ2v) is 6.20. The number of carbonyl (C=O) groups excluding carboxylic acids is 1. The lowest BCUT2D eigenvalue weighted by Crippen LogP contribution is -2.33. The minimum absolute atomic E-state index is 0.226. The van der Waals surface area contributed by atoms with Crippen LogP contribution in [0.1, 0.15) is 11.4 Å². The molecule has 0 aliphatic carbocycles. The fourth-order valence-corrected chi connectivity index (χ4v) is 2.85. The summed E-state index contributed by atoms with van der Waals surface area (Å²) in [5.74, 6) is -0.438. The van der Waals surface area contributed by atoms with Crippen molar-refractivity contribution in [2.24, 2.45) is 5.73 Å². The molecule has 7 heteroatoms. The van der Waals surface area contributed by atoms with Crippen LogP contribution in [0.3, 0.4) is 0 Å². The van der Waals surface area contributed by atoms with Gasteiger partial charge in [0.2, 0.25) is 5.91 Å². The molecule has 3 aromatic rings. The lowest BCUT2D eigenvalue weighted by molar-refractivity contribution is -0.118. The molecule has 0 saturated heterocycles. The van der Waals surface area contributed by atoms with Gasteiger partial charge in [0.1, 0.15) is 18.2 Å². The first-order chi connectivity index (χ1) is 12.4. The van der Waals surface area contributed by atoms with Crippen molar-refractivity contribution < 1.29 is 9.18 Å². The molecule has 1 aromatic heterocycles. The highest BCUT2D eigenvalue weighted by Gasteiger charge is 2.14. The van der Waals surface area contributed by atoms with Crippen molar-refractivity contribution in [3.8, 4) is 0 Å². The third-order valence-corrected chi connectivity index (χ3v) is 4.03. The van der Waals surface area contributed by atoms with Crippen molar-refractivity contribution in [2.45, 2.75) is 19.6 Å². The van der Waals surface area contributed by atoms with Crippen LogP contribution in [0.25, 0.3) is 10.9 Å². The van der Waals surface area contributed by atoms with E-state index in [9.17, 15) is 14.0 Å². The van der Waals surface area contributed by atoms with Crippen molar-refractivity contribution in [1.29, 1.82) is 0 Å². The van der Waals surface area contributed by atoms with Crippen LogP contribution >= 0.6 is 0 Å². The summed E-state index contributed by atoms with van der Waals surface area (Å²) in [6.07, 6.45) is 0. The number of amides is 1. The normalized spacial score (nSPS) is 11.2. The van der Waals surface area contributed by atoms with E-state index in [-0.39, 0.29) is 17.9 Å². The highest BCUT2D eigenvalue weighted by Crippen LogP contribution is 2.11. The maximum absolute atomic E-state index is 13.0. The molecule has 2 aromatic carbocycles. The first kappa shape index (κ1) is 17.8. The lowest BCUT2D eigenvalue weighted by atomic mass is 10.2. The maximum Gasteiger partial charge on any atom is 0.261 e. The molecule has 3 rings (SSSR count). The Hall–Kier alpha value is -3.06. The molecule has 0 atom stereocenters. The standard InChI is InChI=1S/C19H19FN4O2/c1-23(10-13-6-8-14(20)9-7-13)12-18-22-16-5-3-2-4-15(16)19(26)24(18)11-17(21)25/h2-9H,10-12H2,1H3,(H2,21,25). The molecule has 0 fully saturated rings. The Morgan fingerprint density at radius 2 is 1.85 bits per heavy atom. The van der Waals surface area contributed by atoms with Gasteiger partial charge in [0.25, 0.3) is 5.56 Å². The van der Waals surface area contributed by atoms with E-state index in [4.69, 9.17) is 5.73 Å². The molecule has 134 valence electrons. The third-order valence-electron chi connectivity index (χ3n) is 4.03. The Kier molecular flexibility index (Phi) is 5.09. The van der Waals surface area contributed by atoms with Gasteiger partial charge in [0.05, 0.1) is 17.4 Å². The van der Waals surface area contributed by atoms with Crippen molar-refractivity contribution in [1.82, 2.24) is 14.5 Å². The molecule has 1 heterocycles. The number of hydrogen-bond acceptors (Lipinski definition) is 4. The van der Waals surface area contributed by atoms with Crippen molar-refractivity contribution in [3.05, 3.63) is 76.1 Å². The van der Waals surface area contributed by atoms with E-state index in [2.05, 4.69) is 4.98 Å². The van der Waals surface area contributed by atoms with Gasteiger partial charge < -0.3 is 5.73 Å². The fraction of sp³-hybridized carbons (Fsp3) is 0.211. The van der Waals surface area contributed by atoms with Gasteiger partial charge >= 0.3 is 0 Å². The van der Waals surface area contributed by atoms with Crippen molar-refractivity contribution in [2.75, 3.05) is 7.05 Å². The highest BCUT2D eigenvalue weighted by atomic mass is 19.1. The number of hydrogen-bond donors (Lipinski definition) is 1. The Labute approximate surface area is 149 Å². The van der Waals surface area contributed by atoms with Crippen LogP contribution in [0.2, 0.25) is 0 Å². The predicted molar refractivity (Wildman–Crippen MR) is 96.8 cm³/mol. The quantitative estimate of drug-likeness (QED) is 0.730. The largest absolute Gasteiger partial charge is 0.368 e. The minimum atomic E-state index is -0.605. The monoisotopic (exact) mass is 354 g/mol. The summed E-state index contributed by atoms with van der Waals surface area (Å²) in [4.78, 5) is 30.6. The zero-order chi connectivity index (χ0) is 18.7. The number of carbonyl (C=O) groups is 1. The molecule has 2 N–H and O–H groups in total. The maximum atomic E-state index is 13.0. The van der Waals surface area contributed by atoms with Crippen LogP contribution in [0.4, 0.5) is 4.39 Å². The Morgan fingerprint density at radius 3 is 2.54 bits per heavy atom. The lowest BCUT2D eigenvalue weighted by Gasteiger charge is -2.19. The molecular formula is C19H19FN4O2. The van der Waals surface area contributed by atoms with Crippen LogP contribution in [0.5, 0.6) is 0 Å². The van der Waals surface area contributed by atoms with Gasteiger partial charge in [-0.3, -0.25) is 19.1 Å². The van der Waals surface area contributed by atoms with Crippen molar-refractivity contribution >= 4 is 16.8 Å². The Balaban J connectivity index is 1.93. The van der Waals surface area contributed by atoms with E-state index in [0.29, 0.717) is 29.8 Å². The number of nitrogens with two attached hydrogens (primary N) is 1. The van der Waals surface area contributed by atoms with Crippen LogP contribution in [-0.4, -0.2) is 27.4 Å². The summed E-state index contributed by atoms with van der Waals surface area (Å²) in [6, 6.07) is 13.2. The second kappa shape index (κ2) is 7.45. The molecule has 0 saturated carbocycles. The number of fused-ring (bicyclic) bond motifs is 1. The smallest absolute Gasteiger partial charge is 0.261 e. The Bertz CT molecular complexity index is 999. The van der Waals surface area contributed by atoms with E-state index in [1.54, 1.807) is 36.4 Å².